The molecule has 3 rings (SSSR count). The van der Waals surface area contributed by atoms with Gasteiger partial charge in [-0.15, -0.1) is 0 Å². The molecule has 0 aromatic heterocycles. The first-order valence-electron chi connectivity index (χ1n) is 7.10. The summed E-state index contributed by atoms with van der Waals surface area (Å²) in [6.45, 7) is 0. The Kier molecular flexibility index (Phi) is 4.02. The first kappa shape index (κ1) is 13.6. The number of hydrogen-bond donors (Lipinski definition) is 0. The molecule has 1 aliphatic rings. The summed E-state index contributed by atoms with van der Waals surface area (Å²) in [6, 6.07) is 16.1. The Hall–Kier alpha value is -1.41. The van der Waals surface area contributed by atoms with Crippen LogP contribution in [0.5, 0.6) is 0 Å². The lowest BCUT2D eigenvalue weighted by atomic mass is 9.79. The topological polar surface area (TPSA) is 17.1 Å². The van der Waals surface area contributed by atoms with Crippen molar-refractivity contribution in [1.29, 1.82) is 0 Å². The molecule has 2 aromatic carbocycles. The number of carbonyl (C=O) groups is 1. The van der Waals surface area contributed by atoms with Crippen LogP contribution in [0, 0.1) is 0 Å². The molecule has 1 aliphatic carbocycles. The third-order valence-electron chi connectivity index (χ3n) is 4.06. The Balaban J connectivity index is 1.74. The first-order chi connectivity index (χ1) is 9.72. The Labute approximate surface area is 128 Å². The zero-order chi connectivity index (χ0) is 13.9. The van der Waals surface area contributed by atoms with E-state index in [1.54, 1.807) is 0 Å². The summed E-state index contributed by atoms with van der Waals surface area (Å²) >= 11 is 3.41. The predicted octanol–water partition coefficient (Wildman–Crippen LogP) is 5.14. The van der Waals surface area contributed by atoms with E-state index < -0.39 is 0 Å². The molecule has 0 spiro atoms. The van der Waals surface area contributed by atoms with Crippen LogP contribution in [0.25, 0.3) is 0 Å². The molecule has 1 nitrogen and oxygen atoms in total. The molecule has 0 heterocycles. The Morgan fingerprint density at radius 3 is 2.50 bits per heavy atom. The lowest BCUT2D eigenvalue weighted by Crippen LogP contribution is -2.10. The van der Waals surface area contributed by atoms with E-state index in [2.05, 4.69) is 28.1 Å². The highest BCUT2D eigenvalue weighted by Gasteiger charge is 2.20. The van der Waals surface area contributed by atoms with Crippen molar-refractivity contribution in [1.82, 2.24) is 0 Å². The van der Waals surface area contributed by atoms with Gasteiger partial charge < -0.3 is 0 Å². The zero-order valence-electron chi connectivity index (χ0n) is 11.3. The van der Waals surface area contributed by atoms with E-state index in [1.165, 1.54) is 24.8 Å². The normalized spacial score (nSPS) is 14.8. The number of hydrogen-bond acceptors (Lipinski definition) is 1. The number of halogens is 1. The SMILES string of the molecule is O=C(Cc1ccc(Br)cc1)c1cccc(C2CCC2)c1. The average molecular weight is 329 g/mol. The van der Waals surface area contributed by atoms with Gasteiger partial charge >= 0.3 is 0 Å². The van der Waals surface area contributed by atoms with Crippen LogP contribution in [0.2, 0.25) is 0 Å². The van der Waals surface area contributed by atoms with Gasteiger partial charge in [-0.1, -0.05) is 52.7 Å². The molecule has 0 saturated heterocycles. The molecule has 0 aliphatic heterocycles. The summed E-state index contributed by atoms with van der Waals surface area (Å²) in [4.78, 5) is 12.4. The fourth-order valence-electron chi connectivity index (χ4n) is 2.60. The van der Waals surface area contributed by atoms with E-state index in [1.807, 2.05) is 36.4 Å². The lowest BCUT2D eigenvalue weighted by Gasteiger charge is -2.26. The van der Waals surface area contributed by atoms with Gasteiger partial charge in [0.2, 0.25) is 0 Å². The summed E-state index contributed by atoms with van der Waals surface area (Å²) in [5.74, 6) is 0.879. The van der Waals surface area contributed by atoms with Crippen LogP contribution in [0.15, 0.2) is 53.0 Å². The Morgan fingerprint density at radius 1 is 1.10 bits per heavy atom. The molecular weight excluding hydrogens is 312 g/mol. The van der Waals surface area contributed by atoms with E-state index in [9.17, 15) is 4.79 Å². The van der Waals surface area contributed by atoms with E-state index in [0.29, 0.717) is 12.3 Å². The maximum atomic E-state index is 12.4. The number of carbonyl (C=O) groups excluding carboxylic acids is 1. The van der Waals surface area contributed by atoms with E-state index in [0.717, 1.165) is 15.6 Å². The molecule has 0 N–H and O–H groups in total. The number of rotatable bonds is 4. The summed E-state index contributed by atoms with van der Waals surface area (Å²) < 4.78 is 1.04. The van der Waals surface area contributed by atoms with Crippen molar-refractivity contribution in [3.05, 3.63) is 69.7 Å². The standard InChI is InChI=1S/C18H17BrO/c19-17-9-7-13(8-10-17)11-18(20)16-6-2-5-15(12-16)14-3-1-4-14/h2,5-10,12,14H,1,3-4,11H2. The Bertz CT molecular complexity index is 612. The minimum absolute atomic E-state index is 0.202. The monoisotopic (exact) mass is 328 g/mol. The van der Waals surface area contributed by atoms with Gasteiger partial charge in [0.15, 0.2) is 5.78 Å². The molecule has 0 atom stereocenters. The highest BCUT2D eigenvalue weighted by molar-refractivity contribution is 9.10. The van der Waals surface area contributed by atoms with Crippen LogP contribution in [-0.2, 0) is 6.42 Å². The van der Waals surface area contributed by atoms with Gasteiger partial charge in [0.05, 0.1) is 0 Å². The summed E-state index contributed by atoms with van der Waals surface area (Å²) in [5, 5.41) is 0. The minimum atomic E-state index is 0.202. The molecule has 2 aromatic rings. The summed E-state index contributed by atoms with van der Waals surface area (Å²) in [5.41, 5.74) is 3.24. The maximum absolute atomic E-state index is 12.4. The molecule has 0 unspecified atom stereocenters. The van der Waals surface area contributed by atoms with Crippen LogP contribution in [0.1, 0.15) is 46.7 Å². The predicted molar refractivity (Wildman–Crippen MR) is 85.2 cm³/mol. The lowest BCUT2D eigenvalue weighted by molar-refractivity contribution is 0.0993. The average Bonchev–Trinajstić information content (AvgIpc) is 2.40. The van der Waals surface area contributed by atoms with E-state index in [-0.39, 0.29) is 5.78 Å². The molecule has 2 heteroatoms. The van der Waals surface area contributed by atoms with Gasteiger partial charge in [-0.3, -0.25) is 4.79 Å². The molecule has 102 valence electrons. The van der Waals surface area contributed by atoms with Gasteiger partial charge in [0, 0.05) is 16.5 Å². The zero-order valence-corrected chi connectivity index (χ0v) is 12.9. The van der Waals surface area contributed by atoms with Crippen LogP contribution in [0.4, 0.5) is 0 Å². The second kappa shape index (κ2) is 5.92. The van der Waals surface area contributed by atoms with Gasteiger partial charge in [-0.25, -0.2) is 0 Å². The van der Waals surface area contributed by atoms with Gasteiger partial charge in [-0.05, 0) is 48.1 Å². The van der Waals surface area contributed by atoms with Crippen molar-refractivity contribution in [2.45, 2.75) is 31.6 Å². The quantitative estimate of drug-likeness (QED) is 0.710. The fraction of sp³-hybridized carbons (Fsp3) is 0.278. The van der Waals surface area contributed by atoms with Gasteiger partial charge in [0.1, 0.15) is 0 Å². The third-order valence-corrected chi connectivity index (χ3v) is 4.59. The molecule has 20 heavy (non-hydrogen) atoms. The van der Waals surface area contributed by atoms with Crippen LogP contribution in [0.3, 0.4) is 0 Å². The smallest absolute Gasteiger partial charge is 0.167 e. The van der Waals surface area contributed by atoms with Crippen molar-refractivity contribution in [3.8, 4) is 0 Å². The number of benzene rings is 2. The van der Waals surface area contributed by atoms with Crippen molar-refractivity contribution in [2.75, 3.05) is 0 Å². The summed E-state index contributed by atoms with van der Waals surface area (Å²) in [6.07, 6.45) is 4.33. The van der Waals surface area contributed by atoms with Crippen LogP contribution in [-0.4, -0.2) is 5.78 Å². The molecule has 1 fully saturated rings. The minimum Gasteiger partial charge on any atom is -0.294 e. The third kappa shape index (κ3) is 3.01. The molecule has 0 amide bonds. The van der Waals surface area contributed by atoms with Crippen molar-refractivity contribution < 1.29 is 4.79 Å². The number of ketones is 1. The van der Waals surface area contributed by atoms with Crippen molar-refractivity contribution in [2.24, 2.45) is 0 Å². The molecule has 0 bridgehead atoms. The van der Waals surface area contributed by atoms with Crippen molar-refractivity contribution in [3.63, 3.8) is 0 Å². The van der Waals surface area contributed by atoms with Crippen LogP contribution >= 0.6 is 15.9 Å². The molecular formula is C18H17BrO. The number of Topliss-reactive ketones (excluding diaryl/α,β-unsaturated/α-hetero) is 1. The van der Waals surface area contributed by atoms with E-state index >= 15 is 0 Å². The maximum Gasteiger partial charge on any atom is 0.167 e. The van der Waals surface area contributed by atoms with E-state index in [4.69, 9.17) is 0 Å². The summed E-state index contributed by atoms with van der Waals surface area (Å²) in [7, 11) is 0. The van der Waals surface area contributed by atoms with Crippen LogP contribution < -0.4 is 0 Å². The highest BCUT2D eigenvalue weighted by atomic mass is 79.9. The second-order valence-electron chi connectivity index (χ2n) is 5.48. The van der Waals surface area contributed by atoms with Gasteiger partial charge in [-0.2, -0.15) is 0 Å². The van der Waals surface area contributed by atoms with Crippen molar-refractivity contribution >= 4 is 21.7 Å². The highest BCUT2D eigenvalue weighted by Crippen LogP contribution is 2.36. The van der Waals surface area contributed by atoms with Gasteiger partial charge in [0.25, 0.3) is 0 Å². The first-order valence-corrected chi connectivity index (χ1v) is 7.89. The second-order valence-corrected chi connectivity index (χ2v) is 6.40. The molecule has 1 saturated carbocycles. The largest absolute Gasteiger partial charge is 0.294 e. The fourth-order valence-corrected chi connectivity index (χ4v) is 2.86. The Morgan fingerprint density at radius 2 is 1.85 bits per heavy atom. The molecule has 0 radical (unpaired) electrons.